The first-order chi connectivity index (χ1) is 9.81. The summed E-state index contributed by atoms with van der Waals surface area (Å²) in [6.07, 6.45) is 5.52. The van der Waals surface area contributed by atoms with Gasteiger partial charge in [0.05, 0.1) is 13.2 Å². The number of rotatable bonds is 11. The van der Waals surface area contributed by atoms with Crippen molar-refractivity contribution in [2.75, 3.05) is 26.8 Å². The second kappa shape index (κ2) is 10.6. The molecule has 1 rings (SSSR count). The second-order valence-corrected chi connectivity index (χ2v) is 5.04. The molecule has 0 saturated carbocycles. The number of unbranched alkanes of at least 4 members (excludes halogenated alkanes) is 1. The van der Waals surface area contributed by atoms with E-state index in [4.69, 9.17) is 9.47 Å². The van der Waals surface area contributed by atoms with Gasteiger partial charge in [0, 0.05) is 0 Å². The number of hydrogen-bond acceptors (Lipinski definition) is 3. The van der Waals surface area contributed by atoms with Gasteiger partial charge in [-0.3, -0.25) is 0 Å². The van der Waals surface area contributed by atoms with Gasteiger partial charge in [0.2, 0.25) is 0 Å². The summed E-state index contributed by atoms with van der Waals surface area (Å²) in [7, 11) is 2.00. The highest BCUT2D eigenvalue weighted by Gasteiger charge is 2.06. The average Bonchev–Trinajstić information content (AvgIpc) is 2.48. The maximum absolute atomic E-state index is 5.81. The highest BCUT2D eigenvalue weighted by Crippen LogP contribution is 2.29. The molecule has 0 unspecified atom stereocenters. The number of ether oxygens (including phenoxy) is 2. The monoisotopic (exact) mass is 279 g/mol. The summed E-state index contributed by atoms with van der Waals surface area (Å²) in [6, 6.07) is 6.34. The summed E-state index contributed by atoms with van der Waals surface area (Å²) in [5.74, 6) is 1.77. The molecule has 0 fully saturated rings. The third kappa shape index (κ3) is 6.29. The van der Waals surface area contributed by atoms with Gasteiger partial charge in [-0.1, -0.05) is 19.9 Å². The van der Waals surface area contributed by atoms with Gasteiger partial charge in [0.25, 0.3) is 0 Å². The zero-order chi connectivity index (χ0) is 14.6. The van der Waals surface area contributed by atoms with E-state index in [1.165, 1.54) is 18.4 Å². The Morgan fingerprint density at radius 2 is 1.65 bits per heavy atom. The smallest absolute Gasteiger partial charge is 0.161 e. The lowest BCUT2D eigenvalue weighted by Crippen LogP contribution is -2.07. The molecule has 114 valence electrons. The Balaban J connectivity index is 2.62. The predicted octanol–water partition coefficient (Wildman–Crippen LogP) is 3.81. The maximum atomic E-state index is 5.81. The fraction of sp³-hybridized carbons (Fsp3) is 0.647. The van der Waals surface area contributed by atoms with Crippen LogP contribution in [0.3, 0.4) is 0 Å². The molecule has 0 amide bonds. The van der Waals surface area contributed by atoms with Gasteiger partial charge < -0.3 is 14.8 Å². The molecular formula is C17H29NO2. The number of benzene rings is 1. The Labute approximate surface area is 123 Å². The van der Waals surface area contributed by atoms with E-state index in [-0.39, 0.29) is 0 Å². The van der Waals surface area contributed by atoms with Crippen LogP contribution in [0.1, 0.15) is 45.1 Å². The Bertz CT molecular complexity index is 366. The van der Waals surface area contributed by atoms with E-state index in [0.717, 1.165) is 50.5 Å². The third-order valence-corrected chi connectivity index (χ3v) is 3.07. The van der Waals surface area contributed by atoms with Gasteiger partial charge >= 0.3 is 0 Å². The lowest BCUT2D eigenvalue weighted by molar-refractivity contribution is 0.268. The topological polar surface area (TPSA) is 30.5 Å². The molecule has 0 atom stereocenters. The van der Waals surface area contributed by atoms with Crippen molar-refractivity contribution in [3.63, 3.8) is 0 Å². The second-order valence-electron chi connectivity index (χ2n) is 5.04. The van der Waals surface area contributed by atoms with E-state index in [0.29, 0.717) is 0 Å². The SMILES string of the molecule is CCCOc1ccc(CCCCNC)cc1OCCC. The molecule has 0 aliphatic carbocycles. The molecule has 0 spiro atoms. The molecule has 0 aliphatic heterocycles. The van der Waals surface area contributed by atoms with Crippen molar-refractivity contribution in [1.29, 1.82) is 0 Å². The molecule has 20 heavy (non-hydrogen) atoms. The van der Waals surface area contributed by atoms with Crippen molar-refractivity contribution in [3.8, 4) is 11.5 Å². The van der Waals surface area contributed by atoms with Crippen LogP contribution in [0.2, 0.25) is 0 Å². The fourth-order valence-corrected chi connectivity index (χ4v) is 1.99. The first kappa shape index (κ1) is 16.8. The first-order valence-electron chi connectivity index (χ1n) is 7.84. The van der Waals surface area contributed by atoms with Crippen LogP contribution in [0, 0.1) is 0 Å². The molecule has 3 nitrogen and oxygen atoms in total. The summed E-state index contributed by atoms with van der Waals surface area (Å²) in [6.45, 7) is 6.80. The Morgan fingerprint density at radius 3 is 2.30 bits per heavy atom. The Morgan fingerprint density at radius 1 is 0.950 bits per heavy atom. The highest BCUT2D eigenvalue weighted by atomic mass is 16.5. The minimum atomic E-state index is 0.740. The molecule has 0 aliphatic rings. The largest absolute Gasteiger partial charge is 0.490 e. The molecule has 0 aromatic heterocycles. The van der Waals surface area contributed by atoms with Crippen LogP contribution in [0.4, 0.5) is 0 Å². The zero-order valence-electron chi connectivity index (χ0n) is 13.2. The first-order valence-corrected chi connectivity index (χ1v) is 7.84. The van der Waals surface area contributed by atoms with E-state index in [1.807, 2.05) is 13.1 Å². The summed E-state index contributed by atoms with van der Waals surface area (Å²) < 4.78 is 11.6. The summed E-state index contributed by atoms with van der Waals surface area (Å²) in [4.78, 5) is 0. The summed E-state index contributed by atoms with van der Waals surface area (Å²) in [5, 5.41) is 3.18. The van der Waals surface area contributed by atoms with E-state index in [2.05, 4.69) is 31.3 Å². The Kier molecular flexibility index (Phi) is 8.88. The van der Waals surface area contributed by atoms with Gasteiger partial charge in [0.15, 0.2) is 11.5 Å². The van der Waals surface area contributed by atoms with E-state index < -0.39 is 0 Å². The minimum Gasteiger partial charge on any atom is -0.490 e. The van der Waals surface area contributed by atoms with E-state index in [1.54, 1.807) is 0 Å². The van der Waals surface area contributed by atoms with Crippen molar-refractivity contribution >= 4 is 0 Å². The highest BCUT2D eigenvalue weighted by molar-refractivity contribution is 5.43. The summed E-state index contributed by atoms with van der Waals surface area (Å²) >= 11 is 0. The molecule has 3 heteroatoms. The quantitative estimate of drug-likeness (QED) is 0.625. The molecule has 1 aromatic carbocycles. The maximum Gasteiger partial charge on any atom is 0.161 e. The molecule has 0 heterocycles. The van der Waals surface area contributed by atoms with Crippen molar-refractivity contribution in [2.45, 2.75) is 46.0 Å². The normalized spacial score (nSPS) is 10.6. The molecule has 0 radical (unpaired) electrons. The molecule has 0 bridgehead atoms. The molecule has 1 N–H and O–H groups in total. The summed E-state index contributed by atoms with van der Waals surface area (Å²) in [5.41, 5.74) is 1.33. The van der Waals surface area contributed by atoms with Crippen LogP contribution >= 0.6 is 0 Å². The zero-order valence-corrected chi connectivity index (χ0v) is 13.2. The van der Waals surface area contributed by atoms with Gasteiger partial charge in [-0.25, -0.2) is 0 Å². The lowest BCUT2D eigenvalue weighted by Gasteiger charge is -2.13. The van der Waals surface area contributed by atoms with Crippen molar-refractivity contribution < 1.29 is 9.47 Å². The molecule has 0 saturated heterocycles. The van der Waals surface area contributed by atoms with Crippen LogP contribution in [-0.2, 0) is 6.42 Å². The predicted molar refractivity (Wildman–Crippen MR) is 84.9 cm³/mol. The third-order valence-electron chi connectivity index (χ3n) is 3.07. The van der Waals surface area contributed by atoms with Crippen molar-refractivity contribution in [1.82, 2.24) is 5.32 Å². The van der Waals surface area contributed by atoms with Gasteiger partial charge in [-0.15, -0.1) is 0 Å². The van der Waals surface area contributed by atoms with Gasteiger partial charge in [-0.05, 0) is 63.4 Å². The van der Waals surface area contributed by atoms with Crippen LogP contribution in [0.15, 0.2) is 18.2 Å². The molecule has 1 aromatic rings. The van der Waals surface area contributed by atoms with Gasteiger partial charge in [-0.2, -0.15) is 0 Å². The number of aryl methyl sites for hydroxylation is 1. The van der Waals surface area contributed by atoms with E-state index >= 15 is 0 Å². The number of hydrogen-bond donors (Lipinski definition) is 1. The van der Waals surface area contributed by atoms with Crippen LogP contribution < -0.4 is 14.8 Å². The number of nitrogens with one attached hydrogen (secondary N) is 1. The lowest BCUT2D eigenvalue weighted by atomic mass is 10.1. The van der Waals surface area contributed by atoms with Crippen molar-refractivity contribution in [3.05, 3.63) is 23.8 Å². The average molecular weight is 279 g/mol. The Hall–Kier alpha value is -1.22. The standard InChI is InChI=1S/C17H29NO2/c1-4-12-19-16-10-9-15(8-6-7-11-18-3)14-17(16)20-13-5-2/h9-10,14,18H,4-8,11-13H2,1-3H3. The minimum absolute atomic E-state index is 0.740. The van der Waals surface area contributed by atoms with Crippen LogP contribution in [0.25, 0.3) is 0 Å². The molecular weight excluding hydrogens is 250 g/mol. The van der Waals surface area contributed by atoms with Crippen LogP contribution in [0.5, 0.6) is 11.5 Å². The fourth-order valence-electron chi connectivity index (χ4n) is 1.99. The van der Waals surface area contributed by atoms with Crippen molar-refractivity contribution in [2.24, 2.45) is 0 Å². The van der Waals surface area contributed by atoms with E-state index in [9.17, 15) is 0 Å². The van der Waals surface area contributed by atoms with Crippen LogP contribution in [-0.4, -0.2) is 26.8 Å². The van der Waals surface area contributed by atoms with Gasteiger partial charge in [0.1, 0.15) is 0 Å².